The highest BCUT2D eigenvalue weighted by atomic mass is 16.2. The van der Waals surface area contributed by atoms with Crippen LogP contribution in [0.2, 0.25) is 0 Å². The number of hydrogen-bond acceptors (Lipinski definition) is 3. The third-order valence-corrected chi connectivity index (χ3v) is 3.60. The molecule has 0 saturated carbocycles. The molecule has 1 aliphatic rings. The van der Waals surface area contributed by atoms with Crippen molar-refractivity contribution in [1.82, 2.24) is 15.2 Å². The first-order chi connectivity index (χ1) is 10.1. The van der Waals surface area contributed by atoms with E-state index in [1.54, 1.807) is 12.1 Å². The van der Waals surface area contributed by atoms with Crippen molar-refractivity contribution >= 4 is 11.8 Å². The van der Waals surface area contributed by atoms with E-state index in [1.165, 1.54) is 12.4 Å². The Morgan fingerprint density at radius 2 is 2.24 bits per heavy atom. The zero-order valence-corrected chi connectivity index (χ0v) is 12.3. The van der Waals surface area contributed by atoms with Gasteiger partial charge in [-0.2, -0.15) is 0 Å². The van der Waals surface area contributed by atoms with Crippen LogP contribution >= 0.6 is 0 Å². The van der Waals surface area contributed by atoms with Crippen LogP contribution in [0.15, 0.2) is 31.1 Å². The predicted octanol–water partition coefficient (Wildman–Crippen LogP) is 1.87. The van der Waals surface area contributed by atoms with Gasteiger partial charge in [0.05, 0.1) is 11.1 Å². The van der Waals surface area contributed by atoms with Crippen LogP contribution in [0.25, 0.3) is 0 Å². The minimum Gasteiger partial charge on any atom is -0.349 e. The predicted molar refractivity (Wildman–Crippen MR) is 81.1 cm³/mol. The van der Waals surface area contributed by atoms with Gasteiger partial charge in [0.1, 0.15) is 0 Å². The van der Waals surface area contributed by atoms with Gasteiger partial charge in [-0.3, -0.25) is 14.6 Å². The highest BCUT2D eigenvalue weighted by Gasteiger charge is 2.22. The topological polar surface area (TPSA) is 62.3 Å². The van der Waals surface area contributed by atoms with E-state index >= 15 is 0 Å². The number of piperidine rings is 1. The largest absolute Gasteiger partial charge is 0.349 e. The molecule has 5 heteroatoms. The molecule has 1 aliphatic heterocycles. The molecule has 1 saturated heterocycles. The van der Waals surface area contributed by atoms with E-state index < -0.39 is 0 Å². The lowest BCUT2D eigenvalue weighted by atomic mass is 9.99. The third kappa shape index (κ3) is 3.90. The van der Waals surface area contributed by atoms with Crippen molar-refractivity contribution in [1.29, 1.82) is 0 Å². The maximum Gasteiger partial charge on any atom is 0.255 e. The monoisotopic (exact) mass is 287 g/mol. The number of carbonyl (C=O) groups is 2. The molecular formula is C16H21N3O2. The number of amides is 2. The summed E-state index contributed by atoms with van der Waals surface area (Å²) in [5.41, 5.74) is 0.864. The number of rotatable bonds is 4. The average molecular weight is 287 g/mol. The van der Waals surface area contributed by atoms with Crippen LogP contribution in [-0.2, 0) is 0 Å². The fourth-order valence-electron chi connectivity index (χ4n) is 2.50. The Morgan fingerprint density at radius 3 is 2.95 bits per heavy atom. The van der Waals surface area contributed by atoms with E-state index in [1.807, 2.05) is 4.90 Å². The van der Waals surface area contributed by atoms with Crippen molar-refractivity contribution < 1.29 is 9.59 Å². The molecular weight excluding hydrogens is 266 g/mol. The summed E-state index contributed by atoms with van der Waals surface area (Å²) in [6, 6.07) is 1.60. The van der Waals surface area contributed by atoms with E-state index in [0.29, 0.717) is 23.6 Å². The molecule has 1 aromatic heterocycles. The fourth-order valence-corrected chi connectivity index (χ4v) is 2.50. The molecule has 1 N–H and O–H groups in total. The first-order valence-corrected chi connectivity index (χ1v) is 7.25. The fraction of sp³-hybridized carbons (Fsp3) is 0.438. The Kier molecular flexibility index (Phi) is 5.09. The van der Waals surface area contributed by atoms with Crippen molar-refractivity contribution in [2.24, 2.45) is 5.92 Å². The molecule has 2 heterocycles. The van der Waals surface area contributed by atoms with Crippen LogP contribution in [-0.4, -0.2) is 41.3 Å². The maximum atomic E-state index is 12.5. The Hall–Kier alpha value is -2.17. The highest BCUT2D eigenvalue weighted by Crippen LogP contribution is 2.18. The van der Waals surface area contributed by atoms with E-state index in [0.717, 1.165) is 25.9 Å². The Bertz CT molecular complexity index is 542. The first-order valence-electron chi connectivity index (χ1n) is 7.25. The Balaban J connectivity index is 2.11. The van der Waals surface area contributed by atoms with Crippen LogP contribution in [0, 0.1) is 5.92 Å². The average Bonchev–Trinajstić information content (AvgIpc) is 2.52. The van der Waals surface area contributed by atoms with Gasteiger partial charge in [-0.15, -0.1) is 6.58 Å². The number of pyridine rings is 1. The van der Waals surface area contributed by atoms with Gasteiger partial charge in [-0.1, -0.05) is 13.0 Å². The van der Waals surface area contributed by atoms with Crippen molar-refractivity contribution in [3.05, 3.63) is 42.2 Å². The molecule has 2 amide bonds. The van der Waals surface area contributed by atoms with E-state index in [-0.39, 0.29) is 11.8 Å². The smallest absolute Gasteiger partial charge is 0.255 e. The Morgan fingerprint density at radius 1 is 1.48 bits per heavy atom. The maximum absolute atomic E-state index is 12.5. The number of hydrogen-bond donors (Lipinski definition) is 1. The summed E-state index contributed by atoms with van der Waals surface area (Å²) in [6.45, 7) is 7.63. The molecule has 0 aromatic carbocycles. The molecule has 1 aromatic rings. The van der Waals surface area contributed by atoms with Gasteiger partial charge in [-0.25, -0.2) is 0 Å². The summed E-state index contributed by atoms with van der Waals surface area (Å²) in [5, 5.41) is 2.68. The second kappa shape index (κ2) is 7.02. The SMILES string of the molecule is C=CCNC(=O)c1cncc(C(=O)N2CCCC(C)C2)c1. The second-order valence-electron chi connectivity index (χ2n) is 5.46. The van der Waals surface area contributed by atoms with E-state index in [2.05, 4.69) is 23.8 Å². The number of aromatic nitrogens is 1. The number of nitrogens with zero attached hydrogens (tertiary/aromatic N) is 2. The molecule has 0 aliphatic carbocycles. The molecule has 1 fully saturated rings. The molecule has 1 atom stereocenters. The van der Waals surface area contributed by atoms with Gasteiger partial charge in [0, 0.05) is 32.0 Å². The van der Waals surface area contributed by atoms with Crippen LogP contribution in [0.5, 0.6) is 0 Å². The molecule has 5 nitrogen and oxygen atoms in total. The van der Waals surface area contributed by atoms with E-state index in [4.69, 9.17) is 0 Å². The zero-order chi connectivity index (χ0) is 15.2. The standard InChI is InChI=1S/C16H21N3O2/c1-3-6-18-15(20)13-8-14(10-17-9-13)16(21)19-7-4-5-12(2)11-19/h3,8-10,12H,1,4-7,11H2,2H3,(H,18,20). The van der Waals surface area contributed by atoms with Gasteiger partial charge in [0.15, 0.2) is 0 Å². The van der Waals surface area contributed by atoms with Crippen LogP contribution in [0.4, 0.5) is 0 Å². The minimum absolute atomic E-state index is 0.0487. The lowest BCUT2D eigenvalue weighted by Gasteiger charge is -2.30. The minimum atomic E-state index is -0.246. The number of nitrogens with one attached hydrogen (secondary N) is 1. The summed E-state index contributed by atoms with van der Waals surface area (Å²) in [4.78, 5) is 30.2. The quantitative estimate of drug-likeness (QED) is 0.860. The molecule has 1 unspecified atom stereocenters. The van der Waals surface area contributed by atoms with Crippen molar-refractivity contribution in [3.8, 4) is 0 Å². The summed E-state index contributed by atoms with van der Waals surface area (Å²) in [5.74, 6) is 0.228. The second-order valence-corrected chi connectivity index (χ2v) is 5.46. The van der Waals surface area contributed by atoms with Gasteiger partial charge < -0.3 is 10.2 Å². The first kappa shape index (κ1) is 15.2. The molecule has 0 bridgehead atoms. The van der Waals surface area contributed by atoms with E-state index in [9.17, 15) is 9.59 Å². The van der Waals surface area contributed by atoms with Gasteiger partial charge in [-0.05, 0) is 24.8 Å². The normalized spacial score (nSPS) is 18.1. The molecule has 0 radical (unpaired) electrons. The molecule has 21 heavy (non-hydrogen) atoms. The number of likely N-dealkylation sites (tertiary alicyclic amines) is 1. The van der Waals surface area contributed by atoms with Crippen molar-refractivity contribution in [3.63, 3.8) is 0 Å². The van der Waals surface area contributed by atoms with Gasteiger partial charge in [0.25, 0.3) is 11.8 Å². The zero-order valence-electron chi connectivity index (χ0n) is 12.3. The van der Waals surface area contributed by atoms with Crippen LogP contribution in [0.1, 0.15) is 40.5 Å². The summed E-state index contributed by atoms with van der Waals surface area (Å²) >= 11 is 0. The summed E-state index contributed by atoms with van der Waals surface area (Å²) < 4.78 is 0. The van der Waals surface area contributed by atoms with Crippen molar-refractivity contribution in [2.45, 2.75) is 19.8 Å². The molecule has 2 rings (SSSR count). The summed E-state index contributed by atoms with van der Waals surface area (Å²) in [7, 11) is 0. The van der Waals surface area contributed by atoms with Gasteiger partial charge in [0.2, 0.25) is 0 Å². The van der Waals surface area contributed by atoms with Crippen molar-refractivity contribution in [2.75, 3.05) is 19.6 Å². The molecule has 0 spiro atoms. The highest BCUT2D eigenvalue weighted by molar-refractivity contribution is 5.99. The third-order valence-electron chi connectivity index (χ3n) is 3.60. The lowest BCUT2D eigenvalue weighted by molar-refractivity contribution is 0.0682. The summed E-state index contributed by atoms with van der Waals surface area (Å²) in [6.07, 6.45) is 6.78. The van der Waals surface area contributed by atoms with Gasteiger partial charge >= 0.3 is 0 Å². The Labute approximate surface area is 125 Å². The van der Waals surface area contributed by atoms with Crippen LogP contribution < -0.4 is 5.32 Å². The molecule has 112 valence electrons. The number of carbonyl (C=O) groups excluding carboxylic acids is 2. The lowest BCUT2D eigenvalue weighted by Crippen LogP contribution is -2.39. The van der Waals surface area contributed by atoms with Crippen LogP contribution in [0.3, 0.4) is 0 Å².